The summed E-state index contributed by atoms with van der Waals surface area (Å²) >= 11 is 0. The van der Waals surface area contributed by atoms with E-state index in [1.165, 1.54) is 6.07 Å². The van der Waals surface area contributed by atoms with Gasteiger partial charge in [-0.1, -0.05) is 0 Å². The van der Waals surface area contributed by atoms with Crippen LogP contribution in [0.3, 0.4) is 0 Å². The number of carboxylic acid groups (broad SMARTS) is 1. The van der Waals surface area contributed by atoms with Crippen molar-refractivity contribution in [2.75, 3.05) is 6.79 Å². The molecule has 19 heavy (non-hydrogen) atoms. The zero-order chi connectivity index (χ0) is 13.4. The number of ether oxygens (including phenoxy) is 2. The van der Waals surface area contributed by atoms with E-state index in [-0.39, 0.29) is 12.4 Å². The Balaban J connectivity index is 2.07. The minimum atomic E-state index is -1.02. The van der Waals surface area contributed by atoms with Crippen molar-refractivity contribution in [2.24, 2.45) is 0 Å². The second-order valence-electron chi connectivity index (χ2n) is 4.10. The van der Waals surface area contributed by atoms with E-state index in [9.17, 15) is 4.79 Å². The Bertz CT molecular complexity index is 670. The molecule has 1 aromatic carbocycles. The first-order valence-electron chi connectivity index (χ1n) is 5.63. The maximum absolute atomic E-state index is 11.1. The Morgan fingerprint density at radius 2 is 2.00 bits per heavy atom. The first-order chi connectivity index (χ1) is 9.15. The van der Waals surface area contributed by atoms with E-state index in [4.69, 9.17) is 14.6 Å². The van der Waals surface area contributed by atoms with E-state index < -0.39 is 5.97 Å². The highest BCUT2D eigenvalue weighted by atomic mass is 16.7. The van der Waals surface area contributed by atoms with E-state index in [0.717, 1.165) is 5.56 Å². The van der Waals surface area contributed by atoms with Crippen LogP contribution in [-0.2, 0) is 0 Å². The average Bonchev–Trinajstić information content (AvgIpc) is 2.86. The van der Waals surface area contributed by atoms with Gasteiger partial charge in [0.25, 0.3) is 0 Å². The fourth-order valence-electron chi connectivity index (χ4n) is 1.87. The molecule has 0 atom stereocenters. The molecule has 96 valence electrons. The van der Waals surface area contributed by atoms with Crippen LogP contribution in [0.5, 0.6) is 11.5 Å². The summed E-state index contributed by atoms with van der Waals surface area (Å²) in [5.74, 6) is 0.272. The predicted octanol–water partition coefficient (Wildman–Crippen LogP) is 1.88. The number of fused-ring (bicyclic) bond motifs is 1. The molecule has 0 aliphatic carbocycles. The van der Waals surface area contributed by atoms with Gasteiger partial charge in [0, 0.05) is 5.56 Å². The molecule has 6 nitrogen and oxygen atoms in total. The molecule has 0 fully saturated rings. The standard InChI is InChI=1S/C13H10N2O4/c1-7-9(13(16)17)5-10(15-14-7)8-2-3-11-12(4-8)19-6-18-11/h2-5H,6H2,1H3,(H,16,17). The second kappa shape index (κ2) is 4.24. The maximum atomic E-state index is 11.1. The van der Waals surface area contributed by atoms with Gasteiger partial charge in [0.05, 0.1) is 17.0 Å². The third-order valence-electron chi connectivity index (χ3n) is 2.88. The van der Waals surface area contributed by atoms with Gasteiger partial charge in [-0.15, -0.1) is 0 Å². The van der Waals surface area contributed by atoms with Crippen LogP contribution in [0, 0.1) is 6.92 Å². The van der Waals surface area contributed by atoms with Crippen LogP contribution in [0.25, 0.3) is 11.3 Å². The van der Waals surface area contributed by atoms with Crippen molar-refractivity contribution < 1.29 is 19.4 Å². The molecule has 1 aliphatic heterocycles. The number of benzene rings is 1. The summed E-state index contributed by atoms with van der Waals surface area (Å²) in [6.07, 6.45) is 0. The number of hydrogen-bond acceptors (Lipinski definition) is 5. The number of carbonyl (C=O) groups is 1. The molecule has 2 heterocycles. The lowest BCUT2D eigenvalue weighted by Gasteiger charge is -2.04. The summed E-state index contributed by atoms with van der Waals surface area (Å²) in [4.78, 5) is 11.1. The van der Waals surface area contributed by atoms with Crippen molar-refractivity contribution >= 4 is 5.97 Å². The van der Waals surface area contributed by atoms with Crippen molar-refractivity contribution in [2.45, 2.75) is 6.92 Å². The van der Waals surface area contributed by atoms with Gasteiger partial charge >= 0.3 is 5.97 Å². The molecule has 6 heteroatoms. The van der Waals surface area contributed by atoms with Crippen LogP contribution in [0.4, 0.5) is 0 Å². The van der Waals surface area contributed by atoms with Crippen LogP contribution in [-0.4, -0.2) is 28.1 Å². The molecule has 0 saturated heterocycles. The van der Waals surface area contributed by atoms with Gasteiger partial charge in [-0.2, -0.15) is 10.2 Å². The fraction of sp³-hybridized carbons (Fsp3) is 0.154. The highest BCUT2D eigenvalue weighted by Gasteiger charge is 2.16. The van der Waals surface area contributed by atoms with Gasteiger partial charge < -0.3 is 14.6 Å². The molecule has 0 unspecified atom stereocenters. The Kier molecular flexibility index (Phi) is 2.56. The first-order valence-corrected chi connectivity index (χ1v) is 5.63. The van der Waals surface area contributed by atoms with Crippen molar-refractivity contribution in [3.63, 3.8) is 0 Å². The predicted molar refractivity (Wildman–Crippen MR) is 65.3 cm³/mol. The highest BCUT2D eigenvalue weighted by molar-refractivity contribution is 5.90. The molecule has 1 N–H and O–H groups in total. The zero-order valence-electron chi connectivity index (χ0n) is 10.1. The Morgan fingerprint density at radius 1 is 1.21 bits per heavy atom. The molecule has 0 saturated carbocycles. The minimum Gasteiger partial charge on any atom is -0.478 e. The van der Waals surface area contributed by atoms with Gasteiger partial charge in [0.15, 0.2) is 11.5 Å². The monoisotopic (exact) mass is 258 g/mol. The normalized spacial score (nSPS) is 12.5. The SMILES string of the molecule is Cc1nnc(-c2ccc3c(c2)OCO3)cc1C(=O)O. The van der Waals surface area contributed by atoms with Gasteiger partial charge in [0.2, 0.25) is 6.79 Å². The van der Waals surface area contributed by atoms with E-state index in [0.29, 0.717) is 22.9 Å². The summed E-state index contributed by atoms with van der Waals surface area (Å²) in [6.45, 7) is 1.80. The fourth-order valence-corrected chi connectivity index (χ4v) is 1.87. The molecule has 1 aromatic heterocycles. The molecule has 1 aliphatic rings. The van der Waals surface area contributed by atoms with Crippen LogP contribution in [0.2, 0.25) is 0 Å². The number of nitrogens with zero attached hydrogens (tertiary/aromatic N) is 2. The van der Waals surface area contributed by atoms with Crippen molar-refractivity contribution in [3.05, 3.63) is 35.5 Å². The molecule has 0 bridgehead atoms. The smallest absolute Gasteiger partial charge is 0.337 e. The Hall–Kier alpha value is -2.63. The number of hydrogen-bond donors (Lipinski definition) is 1. The molecule has 2 aromatic rings. The second-order valence-corrected chi connectivity index (χ2v) is 4.10. The van der Waals surface area contributed by atoms with E-state index in [1.54, 1.807) is 25.1 Å². The topological polar surface area (TPSA) is 81.5 Å². The highest BCUT2D eigenvalue weighted by Crippen LogP contribution is 2.35. The summed E-state index contributed by atoms with van der Waals surface area (Å²) < 4.78 is 10.5. The molecular weight excluding hydrogens is 248 g/mol. The van der Waals surface area contributed by atoms with Crippen molar-refractivity contribution in [1.82, 2.24) is 10.2 Å². The van der Waals surface area contributed by atoms with Crippen LogP contribution in [0.15, 0.2) is 24.3 Å². The average molecular weight is 258 g/mol. The summed E-state index contributed by atoms with van der Waals surface area (Å²) in [7, 11) is 0. The lowest BCUT2D eigenvalue weighted by Crippen LogP contribution is -2.04. The van der Waals surface area contributed by atoms with E-state index >= 15 is 0 Å². The van der Waals surface area contributed by atoms with Gasteiger partial charge in [-0.05, 0) is 31.2 Å². The third-order valence-corrected chi connectivity index (χ3v) is 2.88. The minimum absolute atomic E-state index is 0.141. The number of rotatable bonds is 2. The van der Waals surface area contributed by atoms with Crippen LogP contribution >= 0.6 is 0 Å². The Morgan fingerprint density at radius 3 is 2.79 bits per heavy atom. The quantitative estimate of drug-likeness (QED) is 0.885. The van der Waals surface area contributed by atoms with Gasteiger partial charge in [-0.3, -0.25) is 0 Å². The lowest BCUT2D eigenvalue weighted by molar-refractivity contribution is 0.0695. The number of aromatic carboxylic acids is 1. The molecule has 0 amide bonds. The number of aromatic nitrogens is 2. The summed E-state index contributed by atoms with van der Waals surface area (Å²) in [5.41, 5.74) is 1.75. The first kappa shape index (κ1) is 11.5. The summed E-state index contributed by atoms with van der Waals surface area (Å²) in [6, 6.07) is 6.81. The van der Waals surface area contributed by atoms with Crippen molar-refractivity contribution in [1.29, 1.82) is 0 Å². The van der Waals surface area contributed by atoms with Gasteiger partial charge in [-0.25, -0.2) is 4.79 Å². The van der Waals surface area contributed by atoms with E-state index in [1.807, 2.05) is 0 Å². The zero-order valence-corrected chi connectivity index (χ0v) is 10.1. The maximum Gasteiger partial charge on any atom is 0.337 e. The summed E-state index contributed by atoms with van der Waals surface area (Å²) in [5, 5.41) is 17.0. The largest absolute Gasteiger partial charge is 0.478 e. The van der Waals surface area contributed by atoms with Gasteiger partial charge in [0.1, 0.15) is 0 Å². The molecule has 0 radical (unpaired) electrons. The molecule has 3 rings (SSSR count). The van der Waals surface area contributed by atoms with Crippen molar-refractivity contribution in [3.8, 4) is 22.8 Å². The lowest BCUT2D eigenvalue weighted by atomic mass is 10.1. The number of carboxylic acids is 1. The Labute approximate surface area is 108 Å². The number of aryl methyl sites for hydroxylation is 1. The van der Waals surface area contributed by atoms with Crippen LogP contribution < -0.4 is 9.47 Å². The van der Waals surface area contributed by atoms with E-state index in [2.05, 4.69) is 10.2 Å². The molecule has 0 spiro atoms. The molecular formula is C13H10N2O4. The third kappa shape index (κ3) is 1.97. The van der Waals surface area contributed by atoms with Crippen LogP contribution in [0.1, 0.15) is 16.1 Å².